The maximum absolute atomic E-state index is 5.56. The lowest BCUT2D eigenvalue weighted by Crippen LogP contribution is -2.20. The van der Waals surface area contributed by atoms with E-state index in [1.54, 1.807) is 16.8 Å². The maximum atomic E-state index is 5.56. The molecule has 0 fully saturated rings. The van der Waals surface area contributed by atoms with E-state index < -0.39 is 0 Å². The molecule has 0 aliphatic rings. The van der Waals surface area contributed by atoms with Gasteiger partial charge < -0.3 is 15.4 Å². The second-order valence-electron chi connectivity index (χ2n) is 3.32. The average Bonchev–Trinajstić information content (AvgIpc) is 2.81. The maximum Gasteiger partial charge on any atom is 0.322 e. The molecule has 0 spiro atoms. The minimum absolute atomic E-state index is 0.136. The molecule has 2 aromatic rings. The SMILES string of the molecule is COc1nc(N)nc(N(C)Cc2cscn2)n1. The first-order valence-corrected chi connectivity index (χ1v) is 5.77. The van der Waals surface area contributed by atoms with Gasteiger partial charge in [0.2, 0.25) is 11.9 Å². The van der Waals surface area contributed by atoms with E-state index in [1.165, 1.54) is 7.11 Å². The summed E-state index contributed by atoms with van der Waals surface area (Å²) in [5, 5.41) is 1.97. The molecule has 0 unspecified atom stereocenters. The molecule has 2 aromatic heterocycles. The molecule has 0 aliphatic heterocycles. The fourth-order valence-corrected chi connectivity index (χ4v) is 1.80. The van der Waals surface area contributed by atoms with E-state index >= 15 is 0 Å². The van der Waals surface area contributed by atoms with Crippen molar-refractivity contribution < 1.29 is 4.74 Å². The van der Waals surface area contributed by atoms with Gasteiger partial charge in [-0.25, -0.2) is 4.98 Å². The van der Waals surface area contributed by atoms with Crippen LogP contribution < -0.4 is 15.4 Å². The van der Waals surface area contributed by atoms with Gasteiger partial charge in [0.15, 0.2) is 0 Å². The van der Waals surface area contributed by atoms with Crippen LogP contribution in [0, 0.1) is 0 Å². The molecule has 0 radical (unpaired) electrons. The zero-order chi connectivity index (χ0) is 12.3. The Balaban J connectivity index is 2.18. The highest BCUT2D eigenvalue weighted by molar-refractivity contribution is 7.07. The third kappa shape index (κ3) is 2.78. The van der Waals surface area contributed by atoms with E-state index in [1.807, 2.05) is 17.3 Å². The van der Waals surface area contributed by atoms with Crippen molar-refractivity contribution in [1.29, 1.82) is 0 Å². The molecule has 0 aromatic carbocycles. The van der Waals surface area contributed by atoms with Crippen LogP contribution in [0.1, 0.15) is 5.69 Å². The summed E-state index contributed by atoms with van der Waals surface area (Å²) < 4.78 is 4.94. The summed E-state index contributed by atoms with van der Waals surface area (Å²) in [5.74, 6) is 0.597. The molecule has 2 N–H and O–H groups in total. The molecule has 0 bridgehead atoms. The molecule has 90 valence electrons. The third-order valence-corrected chi connectivity index (χ3v) is 2.66. The van der Waals surface area contributed by atoms with Crippen LogP contribution in [0.5, 0.6) is 6.01 Å². The molecule has 0 saturated carbocycles. The molecule has 17 heavy (non-hydrogen) atoms. The predicted octanol–water partition coefficient (Wildman–Crippen LogP) is 0.555. The molecular formula is C9H12N6OS. The van der Waals surface area contributed by atoms with E-state index in [0.29, 0.717) is 12.5 Å². The number of nitrogens with zero attached hydrogens (tertiary/aromatic N) is 5. The summed E-state index contributed by atoms with van der Waals surface area (Å²) in [4.78, 5) is 18.0. The number of nitrogens with two attached hydrogens (primary N) is 1. The van der Waals surface area contributed by atoms with E-state index in [4.69, 9.17) is 10.5 Å². The van der Waals surface area contributed by atoms with Crippen molar-refractivity contribution in [3.63, 3.8) is 0 Å². The Morgan fingerprint density at radius 3 is 2.88 bits per heavy atom. The Kier molecular flexibility index (Phi) is 3.33. The van der Waals surface area contributed by atoms with Crippen molar-refractivity contribution in [3.05, 3.63) is 16.6 Å². The predicted molar refractivity (Wildman–Crippen MR) is 65.0 cm³/mol. The normalized spacial score (nSPS) is 10.2. The fourth-order valence-electron chi connectivity index (χ4n) is 1.25. The van der Waals surface area contributed by atoms with E-state index in [-0.39, 0.29) is 12.0 Å². The van der Waals surface area contributed by atoms with Gasteiger partial charge in [-0.1, -0.05) is 0 Å². The van der Waals surface area contributed by atoms with E-state index in [9.17, 15) is 0 Å². The number of ether oxygens (including phenoxy) is 1. The van der Waals surface area contributed by atoms with Gasteiger partial charge >= 0.3 is 6.01 Å². The smallest absolute Gasteiger partial charge is 0.322 e. The summed E-state index contributed by atoms with van der Waals surface area (Å²) in [6, 6.07) is 0.206. The Bertz CT molecular complexity index is 488. The highest BCUT2D eigenvalue weighted by Gasteiger charge is 2.10. The summed E-state index contributed by atoms with van der Waals surface area (Å²) in [6.45, 7) is 0.607. The van der Waals surface area contributed by atoms with Crippen LogP contribution in [0.25, 0.3) is 0 Å². The first kappa shape index (κ1) is 11.5. The summed E-state index contributed by atoms with van der Waals surface area (Å²) >= 11 is 1.55. The molecule has 7 nitrogen and oxygen atoms in total. The molecule has 0 aliphatic carbocycles. The topological polar surface area (TPSA) is 90.0 Å². The van der Waals surface area contributed by atoms with Crippen LogP contribution in [0.3, 0.4) is 0 Å². The van der Waals surface area contributed by atoms with E-state index in [2.05, 4.69) is 19.9 Å². The van der Waals surface area contributed by atoms with Crippen molar-refractivity contribution in [3.8, 4) is 6.01 Å². The van der Waals surface area contributed by atoms with Crippen LogP contribution in [0.15, 0.2) is 10.9 Å². The summed E-state index contributed by atoms with van der Waals surface area (Å²) in [5.41, 5.74) is 8.30. The second-order valence-corrected chi connectivity index (χ2v) is 4.03. The molecular weight excluding hydrogens is 240 g/mol. The minimum Gasteiger partial charge on any atom is -0.467 e. The first-order chi connectivity index (χ1) is 8.19. The monoisotopic (exact) mass is 252 g/mol. The first-order valence-electron chi connectivity index (χ1n) is 4.83. The van der Waals surface area contributed by atoms with Crippen molar-refractivity contribution >= 4 is 23.2 Å². The standard InChI is InChI=1S/C9H12N6OS/c1-15(3-6-4-17-5-11-6)8-12-7(10)13-9(14-8)16-2/h4-5H,3H2,1-2H3,(H2,10,12,13,14). The zero-order valence-corrected chi connectivity index (χ0v) is 10.3. The van der Waals surface area contributed by atoms with Gasteiger partial charge in [0.25, 0.3) is 0 Å². The van der Waals surface area contributed by atoms with Crippen molar-refractivity contribution in [2.75, 3.05) is 24.8 Å². The van der Waals surface area contributed by atoms with Gasteiger partial charge in [-0.05, 0) is 0 Å². The Labute approximate surface area is 102 Å². The fraction of sp³-hybridized carbons (Fsp3) is 0.333. The number of rotatable bonds is 4. The zero-order valence-electron chi connectivity index (χ0n) is 9.49. The number of aromatic nitrogens is 4. The number of thiazole rings is 1. The number of hydrogen-bond donors (Lipinski definition) is 1. The highest BCUT2D eigenvalue weighted by Crippen LogP contribution is 2.14. The highest BCUT2D eigenvalue weighted by atomic mass is 32.1. The lowest BCUT2D eigenvalue weighted by molar-refractivity contribution is 0.379. The lowest BCUT2D eigenvalue weighted by Gasteiger charge is -2.15. The molecule has 0 atom stereocenters. The Morgan fingerprint density at radius 2 is 2.24 bits per heavy atom. The molecule has 2 heterocycles. The molecule has 8 heteroatoms. The van der Waals surface area contributed by atoms with Gasteiger partial charge in [0, 0.05) is 12.4 Å². The quantitative estimate of drug-likeness (QED) is 0.850. The van der Waals surface area contributed by atoms with Crippen molar-refractivity contribution in [2.24, 2.45) is 0 Å². The number of anilines is 2. The Hall–Kier alpha value is -1.96. The number of hydrogen-bond acceptors (Lipinski definition) is 8. The van der Waals surface area contributed by atoms with Crippen LogP contribution in [-0.2, 0) is 6.54 Å². The number of methoxy groups -OCH3 is 1. The van der Waals surface area contributed by atoms with E-state index in [0.717, 1.165) is 5.69 Å². The van der Waals surface area contributed by atoms with Crippen molar-refractivity contribution in [2.45, 2.75) is 6.54 Å². The third-order valence-electron chi connectivity index (χ3n) is 2.03. The molecule has 2 rings (SSSR count). The van der Waals surface area contributed by atoms with Gasteiger partial charge in [-0.3, -0.25) is 0 Å². The van der Waals surface area contributed by atoms with Gasteiger partial charge in [-0.2, -0.15) is 15.0 Å². The lowest BCUT2D eigenvalue weighted by atomic mass is 10.4. The number of nitrogen functional groups attached to an aromatic ring is 1. The van der Waals surface area contributed by atoms with Crippen LogP contribution in [0.4, 0.5) is 11.9 Å². The Morgan fingerprint density at radius 1 is 1.41 bits per heavy atom. The molecule has 0 saturated heterocycles. The second kappa shape index (κ2) is 4.91. The van der Waals surface area contributed by atoms with Crippen LogP contribution >= 0.6 is 11.3 Å². The van der Waals surface area contributed by atoms with Crippen LogP contribution in [0.2, 0.25) is 0 Å². The van der Waals surface area contributed by atoms with Crippen LogP contribution in [-0.4, -0.2) is 34.1 Å². The average molecular weight is 252 g/mol. The van der Waals surface area contributed by atoms with Gasteiger partial charge in [-0.15, -0.1) is 11.3 Å². The van der Waals surface area contributed by atoms with Gasteiger partial charge in [0.05, 0.1) is 24.9 Å². The summed E-state index contributed by atoms with van der Waals surface area (Å²) in [6.07, 6.45) is 0. The summed E-state index contributed by atoms with van der Waals surface area (Å²) in [7, 11) is 3.34. The minimum atomic E-state index is 0.136. The largest absolute Gasteiger partial charge is 0.467 e. The van der Waals surface area contributed by atoms with Gasteiger partial charge in [0.1, 0.15) is 0 Å². The molecule has 0 amide bonds. The van der Waals surface area contributed by atoms with Crippen molar-refractivity contribution in [1.82, 2.24) is 19.9 Å².